The molecule has 0 bridgehead atoms. The van der Waals surface area contributed by atoms with Crippen LogP contribution in [0.4, 0.5) is 0 Å². The molecule has 2 heterocycles. The Labute approximate surface area is 138 Å². The van der Waals surface area contributed by atoms with Crippen molar-refractivity contribution >= 4 is 28.3 Å². The molecule has 1 amide bonds. The smallest absolute Gasteiger partial charge is 0.224 e. The van der Waals surface area contributed by atoms with Crippen LogP contribution in [0.25, 0.3) is 11.0 Å². The quantitative estimate of drug-likeness (QED) is 0.764. The van der Waals surface area contributed by atoms with Gasteiger partial charge >= 0.3 is 0 Å². The molecule has 3 aromatic rings. The van der Waals surface area contributed by atoms with Gasteiger partial charge in [-0.15, -0.1) is 11.3 Å². The molecule has 5 heteroatoms. The van der Waals surface area contributed by atoms with Gasteiger partial charge in [0.05, 0.1) is 17.1 Å². The highest BCUT2D eigenvalue weighted by Gasteiger charge is 2.45. The number of fused-ring (bicyclic) bond motifs is 1. The van der Waals surface area contributed by atoms with E-state index in [0.29, 0.717) is 5.92 Å². The lowest BCUT2D eigenvalue weighted by Gasteiger charge is -2.11. The monoisotopic (exact) mass is 325 g/mol. The molecule has 1 aliphatic carbocycles. The van der Waals surface area contributed by atoms with E-state index in [4.69, 9.17) is 0 Å². The van der Waals surface area contributed by atoms with Gasteiger partial charge in [0.2, 0.25) is 5.91 Å². The van der Waals surface area contributed by atoms with E-state index in [9.17, 15) is 4.79 Å². The van der Waals surface area contributed by atoms with Crippen LogP contribution in [-0.4, -0.2) is 15.9 Å². The molecule has 2 N–H and O–H groups in total. The largest absolute Gasteiger partial charge is 0.346 e. The number of aromatic nitrogens is 2. The summed E-state index contributed by atoms with van der Waals surface area (Å²) in [6, 6.07) is 9.93. The number of aryl methyl sites for hydroxylation is 1. The number of hydrogen-bond acceptors (Lipinski definition) is 3. The zero-order valence-corrected chi connectivity index (χ0v) is 14.0. The van der Waals surface area contributed by atoms with Crippen LogP contribution in [-0.2, 0) is 4.79 Å². The number of aromatic amines is 1. The predicted molar refractivity (Wildman–Crippen MR) is 92.6 cm³/mol. The topological polar surface area (TPSA) is 57.8 Å². The summed E-state index contributed by atoms with van der Waals surface area (Å²) in [7, 11) is 0. The number of nitrogens with one attached hydrogen (secondary N) is 2. The van der Waals surface area contributed by atoms with Crippen LogP contribution in [0.15, 0.2) is 35.7 Å². The maximum Gasteiger partial charge on any atom is 0.224 e. The molecular weight excluding hydrogens is 306 g/mol. The minimum absolute atomic E-state index is 0.110. The second-order valence-electron chi connectivity index (χ2n) is 6.29. The van der Waals surface area contributed by atoms with E-state index in [2.05, 4.69) is 33.7 Å². The molecule has 0 radical (unpaired) electrons. The molecule has 1 aromatic carbocycles. The summed E-state index contributed by atoms with van der Waals surface area (Å²) in [5, 5.41) is 5.21. The normalized spacial score (nSPS) is 21.3. The number of benzene rings is 1. The van der Waals surface area contributed by atoms with Crippen LogP contribution in [0.1, 0.15) is 41.6 Å². The molecule has 118 valence electrons. The number of carbonyl (C=O) groups excluding carboxylic acids is 1. The van der Waals surface area contributed by atoms with Crippen LogP contribution < -0.4 is 5.32 Å². The second kappa shape index (κ2) is 5.49. The van der Waals surface area contributed by atoms with Gasteiger partial charge in [-0.1, -0.05) is 12.1 Å². The molecule has 0 saturated heterocycles. The summed E-state index contributed by atoms with van der Waals surface area (Å²) in [6.07, 6.45) is 0.958. The van der Waals surface area contributed by atoms with E-state index in [1.54, 1.807) is 11.3 Å². The summed E-state index contributed by atoms with van der Waals surface area (Å²) in [6.45, 7) is 4.10. The van der Waals surface area contributed by atoms with Crippen molar-refractivity contribution in [1.82, 2.24) is 15.3 Å². The Hall–Kier alpha value is -2.14. The van der Waals surface area contributed by atoms with Crippen molar-refractivity contribution in [2.45, 2.75) is 32.2 Å². The van der Waals surface area contributed by atoms with E-state index >= 15 is 0 Å². The lowest BCUT2D eigenvalue weighted by molar-refractivity contribution is -0.123. The Bertz CT molecular complexity index is 833. The number of para-hydroxylation sites is 2. The molecule has 4 nitrogen and oxygen atoms in total. The predicted octanol–water partition coefficient (Wildman–Crippen LogP) is 3.91. The van der Waals surface area contributed by atoms with Crippen LogP contribution in [0.5, 0.6) is 0 Å². The number of imidazole rings is 1. The third-order valence-electron chi connectivity index (χ3n) is 4.54. The number of hydrogen-bond donors (Lipinski definition) is 2. The van der Waals surface area contributed by atoms with Gasteiger partial charge in [0.15, 0.2) is 0 Å². The summed E-state index contributed by atoms with van der Waals surface area (Å²) in [5.41, 5.74) is 3.24. The van der Waals surface area contributed by atoms with E-state index in [1.165, 1.54) is 10.4 Å². The van der Waals surface area contributed by atoms with E-state index in [0.717, 1.165) is 23.3 Å². The Kier molecular flexibility index (Phi) is 3.45. The molecule has 1 fully saturated rings. The molecule has 4 rings (SSSR count). The number of H-pyrrole nitrogens is 1. The Balaban J connectivity index is 1.44. The highest BCUT2D eigenvalue weighted by Crippen LogP contribution is 2.50. The van der Waals surface area contributed by atoms with Gasteiger partial charge in [-0.05, 0) is 49.4 Å². The molecule has 2 aromatic heterocycles. The molecule has 1 saturated carbocycles. The first-order valence-electron chi connectivity index (χ1n) is 7.92. The van der Waals surface area contributed by atoms with Crippen molar-refractivity contribution in [3.05, 3.63) is 52.0 Å². The Morgan fingerprint density at radius 3 is 2.96 bits per heavy atom. The summed E-state index contributed by atoms with van der Waals surface area (Å²) < 4.78 is 0. The molecule has 1 aliphatic rings. The van der Waals surface area contributed by atoms with Gasteiger partial charge in [0, 0.05) is 16.7 Å². The van der Waals surface area contributed by atoms with Gasteiger partial charge in [-0.2, -0.15) is 0 Å². The minimum atomic E-state index is -0.111. The first-order chi connectivity index (χ1) is 11.1. The lowest BCUT2D eigenvalue weighted by atomic mass is 10.2. The van der Waals surface area contributed by atoms with Gasteiger partial charge in [-0.25, -0.2) is 4.98 Å². The molecule has 0 aliphatic heterocycles. The van der Waals surface area contributed by atoms with Crippen molar-refractivity contribution in [3.8, 4) is 0 Å². The van der Waals surface area contributed by atoms with E-state index in [1.807, 2.05) is 31.2 Å². The minimum Gasteiger partial charge on any atom is -0.346 e. The Morgan fingerprint density at radius 1 is 1.39 bits per heavy atom. The van der Waals surface area contributed by atoms with Crippen molar-refractivity contribution in [1.29, 1.82) is 0 Å². The number of thiophene rings is 1. The van der Waals surface area contributed by atoms with Crippen LogP contribution >= 0.6 is 11.3 Å². The molecular formula is C18H19N3OS. The van der Waals surface area contributed by atoms with Crippen LogP contribution in [0.3, 0.4) is 0 Å². The van der Waals surface area contributed by atoms with Gasteiger partial charge in [0.25, 0.3) is 0 Å². The highest BCUT2D eigenvalue weighted by atomic mass is 32.1. The maximum atomic E-state index is 12.5. The zero-order chi connectivity index (χ0) is 16.0. The lowest BCUT2D eigenvalue weighted by Crippen LogP contribution is -2.29. The van der Waals surface area contributed by atoms with Crippen molar-refractivity contribution in [2.75, 3.05) is 0 Å². The van der Waals surface area contributed by atoms with Crippen LogP contribution in [0, 0.1) is 12.8 Å². The fourth-order valence-electron chi connectivity index (χ4n) is 3.11. The molecule has 0 unspecified atom stereocenters. The van der Waals surface area contributed by atoms with Gasteiger partial charge in [-0.3, -0.25) is 4.79 Å². The molecule has 23 heavy (non-hydrogen) atoms. The van der Waals surface area contributed by atoms with Crippen molar-refractivity contribution in [2.24, 2.45) is 5.92 Å². The fourth-order valence-corrected chi connectivity index (χ4v) is 4.21. The fraction of sp³-hybridized carbons (Fsp3) is 0.333. The number of amides is 1. The number of carbonyl (C=O) groups is 1. The average Bonchev–Trinajstić information content (AvgIpc) is 3.01. The third kappa shape index (κ3) is 2.65. The third-order valence-corrected chi connectivity index (χ3v) is 5.69. The number of rotatable bonds is 4. The first kappa shape index (κ1) is 14.5. The van der Waals surface area contributed by atoms with Crippen molar-refractivity contribution in [3.63, 3.8) is 0 Å². The summed E-state index contributed by atoms with van der Waals surface area (Å²) in [5.74, 6) is 1.46. The first-order valence-corrected chi connectivity index (χ1v) is 8.80. The average molecular weight is 325 g/mol. The summed E-state index contributed by atoms with van der Waals surface area (Å²) in [4.78, 5) is 21.7. The Morgan fingerprint density at radius 2 is 2.22 bits per heavy atom. The maximum absolute atomic E-state index is 12.5. The van der Waals surface area contributed by atoms with Gasteiger partial charge in [0.1, 0.15) is 5.82 Å². The SMILES string of the molecule is Cc1ccsc1[C@@H]1C[C@@H]1C(=O)N[C@@H](C)c1nc2ccccc2[nH]1. The number of nitrogens with zero attached hydrogens (tertiary/aromatic N) is 1. The molecule has 3 atom stereocenters. The van der Waals surface area contributed by atoms with Crippen molar-refractivity contribution < 1.29 is 4.79 Å². The molecule has 0 spiro atoms. The standard InChI is InChI=1S/C18H19N3OS/c1-10-7-8-23-16(10)12-9-13(12)18(22)19-11(2)17-20-14-5-3-4-6-15(14)21-17/h3-8,11-13H,9H2,1-2H3,(H,19,22)(H,20,21)/t11-,12+,13-/m0/s1. The van der Waals surface area contributed by atoms with E-state index < -0.39 is 0 Å². The van der Waals surface area contributed by atoms with Gasteiger partial charge < -0.3 is 10.3 Å². The highest BCUT2D eigenvalue weighted by molar-refractivity contribution is 7.10. The second-order valence-corrected chi connectivity index (χ2v) is 7.23. The van der Waals surface area contributed by atoms with Crippen LogP contribution in [0.2, 0.25) is 0 Å². The van der Waals surface area contributed by atoms with E-state index in [-0.39, 0.29) is 17.9 Å². The summed E-state index contributed by atoms with van der Waals surface area (Å²) >= 11 is 1.76. The zero-order valence-electron chi connectivity index (χ0n) is 13.2.